The summed E-state index contributed by atoms with van der Waals surface area (Å²) in [7, 11) is 1.65. The van der Waals surface area contributed by atoms with E-state index in [1.54, 1.807) is 19.2 Å². The fourth-order valence-electron chi connectivity index (χ4n) is 3.32. The summed E-state index contributed by atoms with van der Waals surface area (Å²) in [5, 5.41) is 19.0. The summed E-state index contributed by atoms with van der Waals surface area (Å²) in [4.78, 5) is 0. The molecule has 1 aliphatic rings. The van der Waals surface area contributed by atoms with Crippen LogP contribution >= 0.6 is 0 Å². The van der Waals surface area contributed by atoms with Crippen molar-refractivity contribution < 1.29 is 24.4 Å². The van der Waals surface area contributed by atoms with Crippen LogP contribution in [0.1, 0.15) is 43.2 Å². The van der Waals surface area contributed by atoms with Crippen molar-refractivity contribution in [3.8, 4) is 28.7 Å². The molecular formula is C21H26O5. The first-order valence-corrected chi connectivity index (χ1v) is 9.14. The van der Waals surface area contributed by atoms with Crippen LogP contribution in [0.4, 0.5) is 0 Å². The lowest BCUT2D eigenvalue weighted by Crippen LogP contribution is -1.93. The van der Waals surface area contributed by atoms with Crippen LogP contribution in [-0.4, -0.2) is 24.1 Å². The van der Waals surface area contributed by atoms with Crippen LogP contribution in [0, 0.1) is 0 Å². The van der Waals surface area contributed by atoms with Crippen LogP contribution < -0.4 is 14.2 Å². The zero-order valence-electron chi connectivity index (χ0n) is 15.2. The van der Waals surface area contributed by atoms with Gasteiger partial charge in [-0.25, -0.2) is 0 Å². The molecule has 0 bridgehead atoms. The van der Waals surface area contributed by atoms with E-state index in [1.807, 2.05) is 12.1 Å². The molecule has 0 amide bonds. The first kappa shape index (κ1) is 18.2. The van der Waals surface area contributed by atoms with Gasteiger partial charge in [-0.2, -0.15) is 0 Å². The van der Waals surface area contributed by atoms with E-state index in [1.165, 1.54) is 24.5 Å². The Morgan fingerprint density at radius 2 is 1.42 bits per heavy atom. The van der Waals surface area contributed by atoms with Crippen LogP contribution in [0.15, 0.2) is 30.3 Å². The molecule has 2 aromatic carbocycles. The van der Waals surface area contributed by atoms with E-state index >= 15 is 0 Å². The zero-order chi connectivity index (χ0) is 18.4. The lowest BCUT2D eigenvalue weighted by Gasteiger charge is -2.08. The Morgan fingerprint density at radius 1 is 0.808 bits per heavy atom. The molecule has 0 saturated carbocycles. The molecule has 5 nitrogen and oxygen atoms in total. The maximum Gasteiger partial charge on any atom is 0.231 e. The molecule has 140 valence electrons. The summed E-state index contributed by atoms with van der Waals surface area (Å²) in [6.45, 7) is 0.256. The predicted octanol–water partition coefficient (Wildman–Crippen LogP) is 4.57. The van der Waals surface area contributed by atoms with Crippen LogP contribution in [0.3, 0.4) is 0 Å². The molecule has 0 aliphatic carbocycles. The van der Waals surface area contributed by atoms with Gasteiger partial charge in [0.15, 0.2) is 11.5 Å². The summed E-state index contributed by atoms with van der Waals surface area (Å²) in [6, 6.07) is 8.86. The van der Waals surface area contributed by atoms with E-state index in [2.05, 4.69) is 0 Å². The van der Waals surface area contributed by atoms with Crippen molar-refractivity contribution >= 4 is 0 Å². The smallest absolute Gasteiger partial charge is 0.231 e. The van der Waals surface area contributed by atoms with Crippen LogP contribution in [0.25, 0.3) is 0 Å². The van der Waals surface area contributed by atoms with Gasteiger partial charge in [0, 0.05) is 6.07 Å². The number of phenols is 2. The number of phenolic OH excluding ortho intramolecular Hbond substituents is 2. The monoisotopic (exact) mass is 358 g/mol. The normalized spacial score (nSPS) is 12.3. The highest BCUT2D eigenvalue weighted by atomic mass is 16.7. The first-order chi connectivity index (χ1) is 12.7. The number of aromatic hydroxyl groups is 2. The fraction of sp³-hybridized carbons (Fsp3) is 0.429. The number of hydrogen-bond donors (Lipinski definition) is 2. The third-order valence-corrected chi connectivity index (χ3v) is 4.61. The topological polar surface area (TPSA) is 68.2 Å². The summed E-state index contributed by atoms with van der Waals surface area (Å²) in [5.41, 5.74) is 2.19. The number of unbranched alkanes of at least 4 members (excludes halogenated alkanes) is 4. The number of methoxy groups -OCH3 is 1. The number of rotatable bonds is 9. The quantitative estimate of drug-likeness (QED) is 0.643. The molecule has 2 aromatic rings. The second-order valence-electron chi connectivity index (χ2n) is 6.66. The van der Waals surface area contributed by atoms with E-state index in [-0.39, 0.29) is 18.3 Å². The van der Waals surface area contributed by atoms with Gasteiger partial charge in [0.25, 0.3) is 0 Å². The van der Waals surface area contributed by atoms with Crippen LogP contribution in [-0.2, 0) is 12.8 Å². The third-order valence-electron chi connectivity index (χ3n) is 4.61. The highest BCUT2D eigenvalue weighted by Crippen LogP contribution is 2.42. The third kappa shape index (κ3) is 4.75. The summed E-state index contributed by atoms with van der Waals surface area (Å²) in [5.74, 6) is 2.46. The Balaban J connectivity index is 1.36. The largest absolute Gasteiger partial charge is 0.508 e. The van der Waals surface area contributed by atoms with Gasteiger partial charge >= 0.3 is 0 Å². The van der Waals surface area contributed by atoms with Crippen LogP contribution in [0.5, 0.6) is 28.7 Å². The van der Waals surface area contributed by atoms with Crippen molar-refractivity contribution in [3.63, 3.8) is 0 Å². The molecule has 0 aromatic heterocycles. The average Bonchev–Trinajstić information content (AvgIpc) is 3.08. The minimum Gasteiger partial charge on any atom is -0.508 e. The van der Waals surface area contributed by atoms with Gasteiger partial charge in [-0.1, -0.05) is 19.3 Å². The van der Waals surface area contributed by atoms with E-state index in [4.69, 9.17) is 14.2 Å². The number of benzene rings is 2. The maximum absolute atomic E-state index is 9.48. The van der Waals surface area contributed by atoms with Gasteiger partial charge in [-0.05, 0) is 61.1 Å². The standard InChI is InChI=1S/C21H26O5/c1-24-19-11-16(12-20-21(19)26-14-25-20)8-6-4-2-3-5-7-15-9-17(22)13-18(23)10-15/h9-13,22-23H,2-8,14H2,1H3. The Bertz CT molecular complexity index is 721. The second-order valence-corrected chi connectivity index (χ2v) is 6.66. The van der Waals surface area contributed by atoms with E-state index in [0.29, 0.717) is 5.75 Å². The Morgan fingerprint density at radius 3 is 2.08 bits per heavy atom. The predicted molar refractivity (Wildman–Crippen MR) is 99.4 cm³/mol. The molecule has 0 saturated heterocycles. The summed E-state index contributed by atoms with van der Waals surface area (Å²) >= 11 is 0. The lowest BCUT2D eigenvalue weighted by molar-refractivity contribution is 0.171. The van der Waals surface area contributed by atoms with Gasteiger partial charge in [0.1, 0.15) is 11.5 Å². The number of hydrogen-bond acceptors (Lipinski definition) is 5. The molecule has 0 spiro atoms. The number of ether oxygens (including phenoxy) is 3. The molecule has 1 aliphatic heterocycles. The van der Waals surface area contributed by atoms with Gasteiger partial charge < -0.3 is 24.4 Å². The number of fused-ring (bicyclic) bond motifs is 1. The molecule has 0 unspecified atom stereocenters. The van der Waals surface area contributed by atoms with Crippen molar-refractivity contribution in [1.82, 2.24) is 0 Å². The second kappa shape index (κ2) is 8.70. The Hall–Kier alpha value is -2.56. The SMILES string of the molecule is COc1cc(CCCCCCCc2cc(O)cc(O)c2)cc2c1OCO2. The molecule has 2 N–H and O–H groups in total. The minimum atomic E-state index is 0.124. The molecule has 1 heterocycles. The van der Waals surface area contributed by atoms with Crippen molar-refractivity contribution in [2.45, 2.75) is 44.9 Å². The molecule has 0 atom stereocenters. The van der Waals surface area contributed by atoms with Gasteiger partial charge in [-0.3, -0.25) is 0 Å². The van der Waals surface area contributed by atoms with Crippen molar-refractivity contribution in [2.24, 2.45) is 0 Å². The molecule has 3 rings (SSSR count). The highest BCUT2D eigenvalue weighted by molar-refractivity contribution is 5.55. The van der Waals surface area contributed by atoms with Crippen LogP contribution in [0.2, 0.25) is 0 Å². The number of aryl methyl sites for hydroxylation is 2. The van der Waals surface area contributed by atoms with Crippen molar-refractivity contribution in [1.29, 1.82) is 0 Å². The minimum absolute atomic E-state index is 0.124. The van der Waals surface area contributed by atoms with E-state index < -0.39 is 0 Å². The molecular weight excluding hydrogens is 332 g/mol. The molecule has 0 radical (unpaired) electrons. The highest BCUT2D eigenvalue weighted by Gasteiger charge is 2.19. The van der Waals surface area contributed by atoms with Crippen molar-refractivity contribution in [3.05, 3.63) is 41.5 Å². The molecule has 5 heteroatoms. The summed E-state index contributed by atoms with van der Waals surface area (Å²) < 4.78 is 16.3. The lowest BCUT2D eigenvalue weighted by atomic mass is 10.0. The van der Waals surface area contributed by atoms with E-state index in [0.717, 1.165) is 49.2 Å². The zero-order valence-corrected chi connectivity index (χ0v) is 15.2. The molecule has 0 fully saturated rings. The maximum atomic E-state index is 9.48. The first-order valence-electron chi connectivity index (χ1n) is 9.14. The Kier molecular flexibility index (Phi) is 6.10. The van der Waals surface area contributed by atoms with Crippen molar-refractivity contribution in [2.75, 3.05) is 13.9 Å². The van der Waals surface area contributed by atoms with Gasteiger partial charge in [0.2, 0.25) is 12.5 Å². The average molecular weight is 358 g/mol. The fourth-order valence-corrected chi connectivity index (χ4v) is 3.32. The Labute approximate surface area is 154 Å². The molecule has 26 heavy (non-hydrogen) atoms. The van der Waals surface area contributed by atoms with E-state index in [9.17, 15) is 10.2 Å². The van der Waals surface area contributed by atoms with Gasteiger partial charge in [-0.15, -0.1) is 0 Å². The van der Waals surface area contributed by atoms with Gasteiger partial charge in [0.05, 0.1) is 7.11 Å². The summed E-state index contributed by atoms with van der Waals surface area (Å²) in [6.07, 6.45) is 7.53.